The summed E-state index contributed by atoms with van der Waals surface area (Å²) in [5.74, 6) is 1.37. The summed E-state index contributed by atoms with van der Waals surface area (Å²) >= 11 is 5.57. The molecule has 1 aromatic carbocycles. The average Bonchev–Trinajstić information content (AvgIpc) is 3.68. The van der Waals surface area contributed by atoms with Crippen LogP contribution in [0.4, 0.5) is 15.0 Å². The van der Waals surface area contributed by atoms with Gasteiger partial charge in [-0.05, 0) is 83.9 Å². The number of nitrogens with zero attached hydrogens (tertiary/aromatic N) is 4. The third-order valence-electron chi connectivity index (χ3n) is 6.74. The van der Waals surface area contributed by atoms with E-state index < -0.39 is 5.60 Å². The van der Waals surface area contributed by atoms with Crippen molar-refractivity contribution in [2.75, 3.05) is 24.5 Å². The van der Waals surface area contributed by atoms with E-state index in [4.69, 9.17) is 16.3 Å². The molecule has 1 aliphatic heterocycles. The van der Waals surface area contributed by atoms with Crippen LogP contribution in [-0.2, 0) is 11.2 Å². The van der Waals surface area contributed by atoms with Gasteiger partial charge in [0.1, 0.15) is 23.6 Å². The number of benzene rings is 1. The molecule has 2 heterocycles. The van der Waals surface area contributed by atoms with Gasteiger partial charge in [-0.15, -0.1) is 0 Å². The van der Waals surface area contributed by atoms with E-state index in [0.717, 1.165) is 37.4 Å². The molecule has 1 amide bonds. The summed E-state index contributed by atoms with van der Waals surface area (Å²) in [6.45, 7) is 16.1. The summed E-state index contributed by atoms with van der Waals surface area (Å²) in [5, 5.41) is 0.218. The van der Waals surface area contributed by atoms with E-state index in [1.54, 1.807) is 24.5 Å². The summed E-state index contributed by atoms with van der Waals surface area (Å²) in [6, 6.07) is 5.17. The number of aromatic nitrogens is 2. The van der Waals surface area contributed by atoms with Crippen molar-refractivity contribution in [3.05, 3.63) is 58.3 Å². The van der Waals surface area contributed by atoms with Crippen LogP contribution in [0.2, 0.25) is 5.02 Å². The third kappa shape index (κ3) is 7.68. The first kappa shape index (κ1) is 29.9. The van der Waals surface area contributed by atoms with Crippen LogP contribution in [0.5, 0.6) is 0 Å². The summed E-state index contributed by atoms with van der Waals surface area (Å²) in [4.78, 5) is 25.7. The van der Waals surface area contributed by atoms with Gasteiger partial charge in [0.15, 0.2) is 0 Å². The molecule has 2 aliphatic rings. The minimum atomic E-state index is -0.476. The Morgan fingerprint density at radius 2 is 1.95 bits per heavy atom. The van der Waals surface area contributed by atoms with Gasteiger partial charge < -0.3 is 14.5 Å². The number of carbonyl (C=O) groups is 1. The molecular weight excluding hydrogens is 503 g/mol. The van der Waals surface area contributed by atoms with Gasteiger partial charge in [-0.2, -0.15) is 0 Å². The number of ether oxygens (including phenoxy) is 1. The quantitative estimate of drug-likeness (QED) is 0.390. The van der Waals surface area contributed by atoms with Crippen molar-refractivity contribution in [3.8, 4) is 0 Å². The number of allylic oxidation sites excluding steroid dienone is 2. The second kappa shape index (κ2) is 12.9. The van der Waals surface area contributed by atoms with Gasteiger partial charge in [0.2, 0.25) is 0 Å². The molecule has 38 heavy (non-hydrogen) atoms. The second-order valence-electron chi connectivity index (χ2n) is 11.1. The third-order valence-corrected chi connectivity index (χ3v) is 7.03. The largest absolute Gasteiger partial charge is 0.444 e. The van der Waals surface area contributed by atoms with E-state index in [-0.39, 0.29) is 23.0 Å². The zero-order valence-corrected chi connectivity index (χ0v) is 24.6. The molecule has 6 nitrogen and oxygen atoms in total. The summed E-state index contributed by atoms with van der Waals surface area (Å²) in [6.07, 6.45) is 7.82. The highest BCUT2D eigenvalue weighted by molar-refractivity contribution is 6.30. The summed E-state index contributed by atoms with van der Waals surface area (Å²) < 4.78 is 18.6. The number of hydrogen-bond acceptors (Lipinski definition) is 5. The van der Waals surface area contributed by atoms with Crippen LogP contribution < -0.4 is 4.90 Å². The molecular formula is C30H42ClFN4O2. The number of carbonyl (C=O) groups excluding carboxylic acids is 1. The SMILES string of the molecule is C/C=C(\c1c(C)ncnc1N1CCN(C(=O)OC(C)(C)C)C(C)C1)C1CC1.CCCc1cccc(Cl)c1F. The lowest BCUT2D eigenvalue weighted by Gasteiger charge is -2.41. The van der Waals surface area contributed by atoms with Crippen LogP contribution in [0.25, 0.3) is 5.57 Å². The molecule has 0 bridgehead atoms. The van der Waals surface area contributed by atoms with Gasteiger partial charge >= 0.3 is 6.09 Å². The Morgan fingerprint density at radius 1 is 1.24 bits per heavy atom. The molecule has 1 aromatic heterocycles. The second-order valence-corrected chi connectivity index (χ2v) is 11.5. The van der Waals surface area contributed by atoms with Gasteiger partial charge in [-0.25, -0.2) is 19.2 Å². The van der Waals surface area contributed by atoms with E-state index in [9.17, 15) is 9.18 Å². The highest BCUT2D eigenvalue weighted by Crippen LogP contribution is 2.45. The number of aryl methyl sites for hydroxylation is 2. The smallest absolute Gasteiger partial charge is 0.410 e. The average molecular weight is 545 g/mol. The minimum absolute atomic E-state index is 0.0618. The van der Waals surface area contributed by atoms with Crippen LogP contribution in [-0.4, -0.2) is 52.2 Å². The van der Waals surface area contributed by atoms with E-state index in [1.165, 1.54) is 24.0 Å². The lowest BCUT2D eigenvalue weighted by molar-refractivity contribution is 0.0158. The number of piperazine rings is 1. The monoisotopic (exact) mass is 544 g/mol. The van der Waals surface area contributed by atoms with E-state index in [0.29, 0.717) is 18.0 Å². The highest BCUT2D eigenvalue weighted by Gasteiger charge is 2.34. The van der Waals surface area contributed by atoms with Crippen molar-refractivity contribution in [1.29, 1.82) is 0 Å². The summed E-state index contributed by atoms with van der Waals surface area (Å²) in [5.41, 5.74) is 3.81. The highest BCUT2D eigenvalue weighted by atomic mass is 35.5. The molecule has 2 aromatic rings. The first-order valence-corrected chi connectivity index (χ1v) is 14.0. The Morgan fingerprint density at radius 3 is 2.53 bits per heavy atom. The molecule has 1 atom stereocenters. The first-order chi connectivity index (χ1) is 18.0. The van der Waals surface area contributed by atoms with Crippen LogP contribution in [0, 0.1) is 18.7 Å². The van der Waals surface area contributed by atoms with Crippen molar-refractivity contribution in [3.63, 3.8) is 0 Å². The van der Waals surface area contributed by atoms with Crippen LogP contribution in [0.3, 0.4) is 0 Å². The molecule has 0 radical (unpaired) electrons. The number of amides is 1. The fourth-order valence-corrected chi connectivity index (χ4v) is 4.96. The predicted molar refractivity (Wildman–Crippen MR) is 153 cm³/mol. The molecule has 0 spiro atoms. The molecule has 0 N–H and O–H groups in total. The Hall–Kier alpha value is -2.67. The van der Waals surface area contributed by atoms with Gasteiger partial charge in [0, 0.05) is 31.2 Å². The van der Waals surface area contributed by atoms with Crippen LogP contribution in [0.15, 0.2) is 30.6 Å². The van der Waals surface area contributed by atoms with Crippen molar-refractivity contribution < 1.29 is 13.9 Å². The van der Waals surface area contributed by atoms with Crippen molar-refractivity contribution in [2.45, 2.75) is 85.8 Å². The van der Waals surface area contributed by atoms with E-state index in [1.807, 2.05) is 32.6 Å². The van der Waals surface area contributed by atoms with Gasteiger partial charge in [0.25, 0.3) is 0 Å². The molecule has 4 rings (SSSR count). The van der Waals surface area contributed by atoms with Gasteiger partial charge in [-0.1, -0.05) is 43.2 Å². The maximum Gasteiger partial charge on any atom is 0.410 e. The standard InChI is InChI=1S/C21H32N4O2.C9H10ClF/c1-7-17(16-8-9-16)18-15(3)22-13-23-19(18)24-10-11-25(14(2)12-24)20(26)27-21(4,5)6;1-2-4-7-5-3-6-8(10)9(7)11/h7,13-14,16H,8-12H2,1-6H3;3,5-6H,2,4H2,1H3/b17-7-;. The van der Waals surface area contributed by atoms with Crippen molar-refractivity contribution in [1.82, 2.24) is 14.9 Å². The zero-order valence-electron chi connectivity index (χ0n) is 23.9. The lowest BCUT2D eigenvalue weighted by Crippen LogP contribution is -2.55. The molecule has 1 saturated carbocycles. The fraction of sp³-hybridized carbons (Fsp3) is 0.567. The van der Waals surface area contributed by atoms with E-state index >= 15 is 0 Å². The lowest BCUT2D eigenvalue weighted by atomic mass is 9.99. The fourth-order valence-electron chi connectivity index (χ4n) is 4.77. The molecule has 1 aliphatic carbocycles. The topological polar surface area (TPSA) is 58.6 Å². The predicted octanol–water partition coefficient (Wildman–Crippen LogP) is 7.48. The molecule has 208 valence electrons. The Labute approximate surface area is 232 Å². The Bertz CT molecular complexity index is 1140. The van der Waals surface area contributed by atoms with Crippen molar-refractivity contribution in [2.24, 2.45) is 5.92 Å². The van der Waals surface area contributed by atoms with Crippen LogP contribution >= 0.6 is 11.6 Å². The zero-order chi connectivity index (χ0) is 28.0. The maximum absolute atomic E-state index is 13.1. The van der Waals surface area contributed by atoms with Crippen LogP contribution in [0.1, 0.15) is 77.6 Å². The van der Waals surface area contributed by atoms with E-state index in [2.05, 4.69) is 41.7 Å². The normalized spacial score (nSPS) is 18.1. The molecule has 1 unspecified atom stereocenters. The number of hydrogen-bond donors (Lipinski definition) is 0. The molecule has 8 heteroatoms. The minimum Gasteiger partial charge on any atom is -0.444 e. The summed E-state index contributed by atoms with van der Waals surface area (Å²) in [7, 11) is 0. The Balaban J connectivity index is 0.000000304. The van der Waals surface area contributed by atoms with Crippen molar-refractivity contribution >= 4 is 29.1 Å². The number of rotatable bonds is 5. The van der Waals surface area contributed by atoms with Gasteiger partial charge in [0.05, 0.1) is 10.7 Å². The Kier molecular flexibility index (Phi) is 10.2. The maximum atomic E-state index is 13.1. The number of halogens is 2. The van der Waals surface area contributed by atoms with Gasteiger partial charge in [-0.3, -0.25) is 0 Å². The first-order valence-electron chi connectivity index (χ1n) is 13.6. The number of anilines is 1. The molecule has 2 fully saturated rings. The molecule has 1 saturated heterocycles.